The van der Waals surface area contributed by atoms with Gasteiger partial charge in [0, 0.05) is 16.4 Å². The number of thiophene rings is 1. The molecule has 0 radical (unpaired) electrons. The monoisotopic (exact) mass is 247 g/mol. The molecule has 0 aliphatic rings. The molecule has 0 aromatic carbocycles. The van der Waals surface area contributed by atoms with Crippen LogP contribution in [0.3, 0.4) is 0 Å². The Kier molecular flexibility index (Phi) is 2.91. The number of nitrogen functional groups attached to an aromatic ring is 1. The minimum atomic E-state index is -0.0869. The Hall–Kier alpha value is -1.42. The van der Waals surface area contributed by atoms with E-state index in [-0.39, 0.29) is 5.41 Å². The van der Waals surface area contributed by atoms with Crippen molar-refractivity contribution >= 4 is 17.2 Å². The molecule has 17 heavy (non-hydrogen) atoms. The molecule has 0 spiro atoms. The highest BCUT2D eigenvalue weighted by molar-refractivity contribution is 7.15. The Morgan fingerprint density at radius 2 is 1.88 bits per heavy atom. The average molecular weight is 247 g/mol. The molecule has 0 aliphatic heterocycles. The molecular formula is C13H17N3S. The summed E-state index contributed by atoms with van der Waals surface area (Å²) in [6, 6.07) is 6.00. The van der Waals surface area contributed by atoms with E-state index in [0.29, 0.717) is 5.82 Å². The van der Waals surface area contributed by atoms with Gasteiger partial charge in [-0.25, -0.2) is 9.97 Å². The Morgan fingerprint density at radius 1 is 1.18 bits per heavy atom. The first kappa shape index (κ1) is 12.0. The van der Waals surface area contributed by atoms with Crippen molar-refractivity contribution in [2.45, 2.75) is 33.1 Å². The topological polar surface area (TPSA) is 51.8 Å². The Balaban J connectivity index is 2.52. The van der Waals surface area contributed by atoms with E-state index in [1.807, 2.05) is 6.07 Å². The fourth-order valence-electron chi connectivity index (χ4n) is 1.50. The minimum Gasteiger partial charge on any atom is -0.384 e. The largest absolute Gasteiger partial charge is 0.384 e. The Labute approximate surface area is 106 Å². The van der Waals surface area contributed by atoms with Crippen LogP contribution in [0.1, 0.15) is 31.5 Å². The molecule has 2 N–H and O–H groups in total. The zero-order valence-electron chi connectivity index (χ0n) is 10.6. The lowest BCUT2D eigenvalue weighted by atomic mass is 9.95. The third kappa shape index (κ3) is 2.64. The van der Waals surface area contributed by atoms with Crippen LogP contribution in [0, 0.1) is 6.92 Å². The van der Waals surface area contributed by atoms with E-state index >= 15 is 0 Å². The third-order valence-electron chi connectivity index (χ3n) is 2.41. The number of anilines is 1. The summed E-state index contributed by atoms with van der Waals surface area (Å²) in [5.41, 5.74) is 6.68. The number of nitrogens with zero attached hydrogens (tertiary/aromatic N) is 2. The first-order chi connectivity index (χ1) is 7.86. The summed E-state index contributed by atoms with van der Waals surface area (Å²) in [7, 11) is 0. The third-order valence-corrected chi connectivity index (χ3v) is 3.43. The van der Waals surface area contributed by atoms with Gasteiger partial charge in [-0.3, -0.25) is 0 Å². The first-order valence-corrected chi connectivity index (χ1v) is 6.40. The zero-order valence-corrected chi connectivity index (χ0v) is 11.4. The smallest absolute Gasteiger partial charge is 0.136 e. The quantitative estimate of drug-likeness (QED) is 0.840. The number of nitrogens with two attached hydrogens (primary N) is 1. The molecule has 0 saturated heterocycles. The van der Waals surface area contributed by atoms with Gasteiger partial charge in [-0.05, 0) is 19.1 Å². The van der Waals surface area contributed by atoms with Crippen molar-refractivity contribution in [3.05, 3.63) is 28.9 Å². The van der Waals surface area contributed by atoms with Crippen molar-refractivity contribution in [1.29, 1.82) is 0 Å². The SMILES string of the molecule is Cc1ccc(-c2cc(N)nc(C(C)(C)C)n2)s1. The van der Waals surface area contributed by atoms with Gasteiger partial charge >= 0.3 is 0 Å². The van der Waals surface area contributed by atoms with Gasteiger partial charge in [-0.2, -0.15) is 0 Å². The van der Waals surface area contributed by atoms with Gasteiger partial charge in [0.1, 0.15) is 11.6 Å². The molecule has 0 saturated carbocycles. The highest BCUT2D eigenvalue weighted by atomic mass is 32.1. The van der Waals surface area contributed by atoms with Gasteiger partial charge in [0.25, 0.3) is 0 Å². The highest BCUT2D eigenvalue weighted by Gasteiger charge is 2.19. The van der Waals surface area contributed by atoms with Crippen LogP contribution in [0.4, 0.5) is 5.82 Å². The van der Waals surface area contributed by atoms with Gasteiger partial charge in [0.2, 0.25) is 0 Å². The van der Waals surface area contributed by atoms with Crippen LogP contribution in [0.25, 0.3) is 10.6 Å². The van der Waals surface area contributed by atoms with Crippen LogP contribution in [0.5, 0.6) is 0 Å². The van der Waals surface area contributed by atoms with E-state index in [1.165, 1.54) is 4.88 Å². The van der Waals surface area contributed by atoms with Crippen molar-refractivity contribution in [2.24, 2.45) is 0 Å². The minimum absolute atomic E-state index is 0.0869. The average Bonchev–Trinajstić information content (AvgIpc) is 2.62. The number of hydrogen-bond donors (Lipinski definition) is 1. The molecule has 0 bridgehead atoms. The summed E-state index contributed by atoms with van der Waals surface area (Å²) < 4.78 is 0. The summed E-state index contributed by atoms with van der Waals surface area (Å²) in [4.78, 5) is 11.3. The molecule has 2 aromatic heterocycles. The van der Waals surface area contributed by atoms with E-state index in [0.717, 1.165) is 16.4 Å². The summed E-state index contributed by atoms with van der Waals surface area (Å²) >= 11 is 1.72. The van der Waals surface area contributed by atoms with Gasteiger partial charge in [0.05, 0.1) is 10.6 Å². The predicted octanol–water partition coefficient (Wildman–Crippen LogP) is 3.39. The standard InChI is InChI=1S/C13H17N3S/c1-8-5-6-10(17-8)9-7-11(14)16-12(15-9)13(2,3)4/h5-7H,1-4H3,(H2,14,15,16). The second-order valence-electron chi connectivity index (χ2n) is 5.16. The van der Waals surface area contributed by atoms with Crippen molar-refractivity contribution in [3.8, 4) is 10.6 Å². The van der Waals surface area contributed by atoms with E-state index in [9.17, 15) is 0 Å². The molecule has 2 heterocycles. The first-order valence-electron chi connectivity index (χ1n) is 5.58. The molecule has 2 rings (SSSR count). The van der Waals surface area contributed by atoms with Gasteiger partial charge in [-0.15, -0.1) is 11.3 Å². The van der Waals surface area contributed by atoms with Crippen LogP contribution in [-0.4, -0.2) is 9.97 Å². The van der Waals surface area contributed by atoms with Gasteiger partial charge < -0.3 is 5.73 Å². The zero-order chi connectivity index (χ0) is 12.6. The molecule has 0 atom stereocenters. The number of hydrogen-bond acceptors (Lipinski definition) is 4. The fourth-order valence-corrected chi connectivity index (χ4v) is 2.33. The molecule has 0 aliphatic carbocycles. The molecule has 90 valence electrons. The fraction of sp³-hybridized carbons (Fsp3) is 0.385. The van der Waals surface area contributed by atoms with Crippen LogP contribution in [0.2, 0.25) is 0 Å². The Bertz CT molecular complexity index is 538. The summed E-state index contributed by atoms with van der Waals surface area (Å²) in [6.45, 7) is 8.35. The van der Waals surface area contributed by atoms with Gasteiger partial charge in [0.15, 0.2) is 0 Å². The Morgan fingerprint density at radius 3 is 2.41 bits per heavy atom. The van der Waals surface area contributed by atoms with E-state index < -0.39 is 0 Å². The van der Waals surface area contributed by atoms with E-state index in [4.69, 9.17) is 5.73 Å². The molecule has 4 heteroatoms. The lowest BCUT2D eigenvalue weighted by Crippen LogP contribution is -2.17. The molecule has 0 amide bonds. The maximum Gasteiger partial charge on any atom is 0.136 e. The van der Waals surface area contributed by atoms with Crippen molar-refractivity contribution in [2.75, 3.05) is 5.73 Å². The summed E-state index contributed by atoms with van der Waals surface area (Å²) in [5.74, 6) is 1.32. The maximum absolute atomic E-state index is 5.85. The van der Waals surface area contributed by atoms with E-state index in [1.54, 1.807) is 11.3 Å². The van der Waals surface area contributed by atoms with Crippen molar-refractivity contribution in [3.63, 3.8) is 0 Å². The number of rotatable bonds is 1. The number of aryl methyl sites for hydroxylation is 1. The second-order valence-corrected chi connectivity index (χ2v) is 6.45. The summed E-state index contributed by atoms with van der Waals surface area (Å²) in [5, 5.41) is 0. The van der Waals surface area contributed by atoms with E-state index in [2.05, 4.69) is 49.8 Å². The molecule has 3 nitrogen and oxygen atoms in total. The molecular weight excluding hydrogens is 230 g/mol. The number of aromatic nitrogens is 2. The lowest BCUT2D eigenvalue weighted by Gasteiger charge is -2.17. The highest BCUT2D eigenvalue weighted by Crippen LogP contribution is 2.29. The second kappa shape index (κ2) is 4.11. The van der Waals surface area contributed by atoms with Crippen molar-refractivity contribution in [1.82, 2.24) is 9.97 Å². The normalized spacial score (nSPS) is 11.8. The van der Waals surface area contributed by atoms with Gasteiger partial charge in [-0.1, -0.05) is 20.8 Å². The van der Waals surface area contributed by atoms with Crippen LogP contribution < -0.4 is 5.73 Å². The lowest BCUT2D eigenvalue weighted by molar-refractivity contribution is 0.547. The molecule has 0 unspecified atom stereocenters. The van der Waals surface area contributed by atoms with Crippen molar-refractivity contribution < 1.29 is 0 Å². The molecule has 2 aromatic rings. The summed E-state index contributed by atoms with van der Waals surface area (Å²) in [6.07, 6.45) is 0. The van der Waals surface area contributed by atoms with Crippen LogP contribution >= 0.6 is 11.3 Å². The van der Waals surface area contributed by atoms with Crippen LogP contribution in [0.15, 0.2) is 18.2 Å². The van der Waals surface area contributed by atoms with Crippen LogP contribution in [-0.2, 0) is 5.41 Å². The molecule has 0 fully saturated rings. The maximum atomic E-state index is 5.85. The predicted molar refractivity (Wildman–Crippen MR) is 73.2 cm³/mol.